The lowest BCUT2D eigenvalue weighted by molar-refractivity contribution is 0.584. The standard InChI is InChI=1S/C17H23NS/c1-10-7-11(2)17-15(8-10)16(13(4)19-17)12(3)18-9-14-5-6-14/h10,14,18H,2-3,5-9H2,1,4H3. The Morgan fingerprint density at radius 1 is 1.37 bits per heavy atom. The van der Waals surface area contributed by atoms with Crippen LogP contribution in [-0.4, -0.2) is 6.54 Å². The summed E-state index contributed by atoms with van der Waals surface area (Å²) in [7, 11) is 0. The van der Waals surface area contributed by atoms with E-state index in [1.807, 2.05) is 11.3 Å². The van der Waals surface area contributed by atoms with E-state index < -0.39 is 0 Å². The highest BCUT2D eigenvalue weighted by Gasteiger charge is 2.27. The van der Waals surface area contributed by atoms with E-state index in [0.717, 1.165) is 24.6 Å². The van der Waals surface area contributed by atoms with E-state index in [2.05, 4.69) is 32.3 Å². The van der Waals surface area contributed by atoms with Gasteiger partial charge in [-0.2, -0.15) is 0 Å². The van der Waals surface area contributed by atoms with E-state index >= 15 is 0 Å². The number of rotatable bonds is 4. The maximum absolute atomic E-state index is 4.28. The van der Waals surface area contributed by atoms with Gasteiger partial charge in [-0.05, 0) is 55.6 Å². The summed E-state index contributed by atoms with van der Waals surface area (Å²) in [6.45, 7) is 14.2. The molecule has 1 atom stereocenters. The Bertz CT molecular complexity index is 534. The molecule has 2 heteroatoms. The predicted octanol–water partition coefficient (Wildman–Crippen LogP) is 4.62. The first kappa shape index (κ1) is 13.0. The average Bonchev–Trinajstić information content (AvgIpc) is 3.10. The minimum absolute atomic E-state index is 0.712. The molecule has 3 rings (SSSR count). The summed E-state index contributed by atoms with van der Waals surface area (Å²) in [5, 5.41) is 3.55. The van der Waals surface area contributed by atoms with E-state index in [-0.39, 0.29) is 0 Å². The number of thiophene rings is 1. The fourth-order valence-corrected chi connectivity index (χ4v) is 4.27. The molecule has 2 aliphatic carbocycles. The van der Waals surface area contributed by atoms with Crippen molar-refractivity contribution in [2.75, 3.05) is 6.54 Å². The number of hydrogen-bond acceptors (Lipinski definition) is 2. The van der Waals surface area contributed by atoms with Gasteiger partial charge in [0.25, 0.3) is 0 Å². The van der Waals surface area contributed by atoms with E-state index in [1.165, 1.54) is 45.7 Å². The van der Waals surface area contributed by atoms with Crippen molar-refractivity contribution in [3.63, 3.8) is 0 Å². The molecule has 102 valence electrons. The zero-order valence-electron chi connectivity index (χ0n) is 12.0. The smallest absolute Gasteiger partial charge is 0.0355 e. The fraction of sp³-hybridized carbons (Fsp3) is 0.529. The second-order valence-corrected chi connectivity index (χ2v) is 7.49. The lowest BCUT2D eigenvalue weighted by Crippen LogP contribution is -2.17. The molecule has 0 aromatic carbocycles. The molecule has 1 aromatic heterocycles. The quantitative estimate of drug-likeness (QED) is 0.844. The summed E-state index contributed by atoms with van der Waals surface area (Å²) in [5.41, 5.74) is 5.33. The molecule has 1 unspecified atom stereocenters. The van der Waals surface area contributed by atoms with Crippen LogP contribution in [0, 0.1) is 18.8 Å². The zero-order chi connectivity index (χ0) is 13.6. The topological polar surface area (TPSA) is 12.0 Å². The highest BCUT2D eigenvalue weighted by atomic mass is 32.1. The second-order valence-electron chi connectivity index (χ2n) is 6.26. The van der Waals surface area contributed by atoms with E-state index in [1.54, 1.807) is 0 Å². The monoisotopic (exact) mass is 273 g/mol. The van der Waals surface area contributed by atoms with Gasteiger partial charge in [0.05, 0.1) is 0 Å². The third-order valence-electron chi connectivity index (χ3n) is 4.25. The molecule has 1 heterocycles. The van der Waals surface area contributed by atoms with Crippen LogP contribution in [-0.2, 0) is 6.42 Å². The van der Waals surface area contributed by atoms with Crippen LogP contribution in [0.3, 0.4) is 0 Å². The zero-order valence-corrected chi connectivity index (χ0v) is 12.8. The van der Waals surface area contributed by atoms with Crippen LogP contribution in [0.4, 0.5) is 0 Å². The van der Waals surface area contributed by atoms with Gasteiger partial charge in [-0.25, -0.2) is 0 Å². The Hall–Kier alpha value is -1.02. The molecule has 0 bridgehead atoms. The first-order valence-electron chi connectivity index (χ1n) is 7.29. The Morgan fingerprint density at radius 3 is 2.79 bits per heavy atom. The van der Waals surface area contributed by atoms with Gasteiger partial charge in [-0.1, -0.05) is 20.1 Å². The first-order chi connectivity index (χ1) is 9.06. The number of allylic oxidation sites excluding steroid dienone is 1. The molecule has 1 aromatic rings. The van der Waals surface area contributed by atoms with Gasteiger partial charge < -0.3 is 5.32 Å². The maximum atomic E-state index is 4.28. The average molecular weight is 273 g/mol. The third kappa shape index (κ3) is 2.51. The summed E-state index contributed by atoms with van der Waals surface area (Å²) in [4.78, 5) is 2.83. The van der Waals surface area contributed by atoms with Gasteiger partial charge in [0.2, 0.25) is 0 Å². The third-order valence-corrected chi connectivity index (χ3v) is 5.50. The van der Waals surface area contributed by atoms with Crippen LogP contribution < -0.4 is 5.32 Å². The molecule has 19 heavy (non-hydrogen) atoms. The lowest BCUT2D eigenvalue weighted by Gasteiger charge is -2.22. The van der Waals surface area contributed by atoms with E-state index in [9.17, 15) is 0 Å². The van der Waals surface area contributed by atoms with E-state index in [4.69, 9.17) is 0 Å². The molecule has 0 radical (unpaired) electrons. The highest BCUT2D eigenvalue weighted by Crippen LogP contribution is 2.43. The first-order valence-corrected chi connectivity index (χ1v) is 8.11. The van der Waals surface area contributed by atoms with Crippen molar-refractivity contribution in [1.82, 2.24) is 5.32 Å². The van der Waals surface area contributed by atoms with Crippen LogP contribution >= 0.6 is 11.3 Å². The largest absolute Gasteiger partial charge is 0.385 e. The van der Waals surface area contributed by atoms with Gasteiger partial charge in [-0.3, -0.25) is 0 Å². The summed E-state index contributed by atoms with van der Waals surface area (Å²) in [5.74, 6) is 1.60. The van der Waals surface area contributed by atoms with Crippen molar-refractivity contribution in [1.29, 1.82) is 0 Å². The van der Waals surface area contributed by atoms with Crippen molar-refractivity contribution < 1.29 is 0 Å². The summed E-state index contributed by atoms with van der Waals surface area (Å²) in [6, 6.07) is 0. The number of fused-ring (bicyclic) bond motifs is 1. The highest BCUT2D eigenvalue weighted by molar-refractivity contribution is 7.13. The Labute approximate surface area is 120 Å². The molecule has 0 spiro atoms. The van der Waals surface area contributed by atoms with Gasteiger partial charge in [0, 0.05) is 27.6 Å². The Morgan fingerprint density at radius 2 is 2.11 bits per heavy atom. The van der Waals surface area contributed by atoms with Gasteiger partial charge in [0.1, 0.15) is 0 Å². The number of nitrogens with one attached hydrogen (secondary N) is 1. The van der Waals surface area contributed by atoms with Crippen LogP contribution in [0.15, 0.2) is 13.2 Å². The van der Waals surface area contributed by atoms with Crippen molar-refractivity contribution >= 4 is 22.6 Å². The van der Waals surface area contributed by atoms with Crippen LogP contribution in [0.5, 0.6) is 0 Å². The molecule has 0 amide bonds. The van der Waals surface area contributed by atoms with Crippen LogP contribution in [0.1, 0.15) is 47.1 Å². The summed E-state index contributed by atoms with van der Waals surface area (Å²) < 4.78 is 0. The number of aryl methyl sites for hydroxylation is 1. The van der Waals surface area contributed by atoms with E-state index in [0.29, 0.717) is 5.92 Å². The Kier molecular flexibility index (Phi) is 3.30. The molecule has 2 aliphatic rings. The minimum Gasteiger partial charge on any atom is -0.385 e. The minimum atomic E-state index is 0.712. The van der Waals surface area contributed by atoms with Crippen molar-refractivity contribution in [3.05, 3.63) is 34.0 Å². The molecule has 0 saturated heterocycles. The SMILES string of the molecule is C=C1CC(C)Cc2c1sc(C)c2C(=C)NCC1CC1. The fourth-order valence-electron chi connectivity index (χ4n) is 3.08. The Balaban J connectivity index is 1.87. The molecule has 1 N–H and O–H groups in total. The predicted molar refractivity (Wildman–Crippen MR) is 85.3 cm³/mol. The van der Waals surface area contributed by atoms with Crippen LogP contribution in [0.2, 0.25) is 0 Å². The maximum Gasteiger partial charge on any atom is 0.0355 e. The molecule has 1 saturated carbocycles. The lowest BCUT2D eigenvalue weighted by atomic mass is 9.84. The van der Waals surface area contributed by atoms with Crippen molar-refractivity contribution in [2.45, 2.75) is 39.5 Å². The normalized spacial score (nSPS) is 22.2. The number of hydrogen-bond donors (Lipinski definition) is 1. The van der Waals surface area contributed by atoms with Crippen LogP contribution in [0.25, 0.3) is 11.3 Å². The second kappa shape index (κ2) is 4.82. The summed E-state index contributed by atoms with van der Waals surface area (Å²) in [6.07, 6.45) is 5.09. The molecular formula is C17H23NS. The van der Waals surface area contributed by atoms with Crippen molar-refractivity contribution in [3.8, 4) is 0 Å². The molecular weight excluding hydrogens is 250 g/mol. The van der Waals surface area contributed by atoms with Gasteiger partial charge in [-0.15, -0.1) is 11.3 Å². The van der Waals surface area contributed by atoms with Gasteiger partial charge in [0.15, 0.2) is 0 Å². The summed E-state index contributed by atoms with van der Waals surface area (Å²) >= 11 is 1.90. The van der Waals surface area contributed by atoms with Crippen molar-refractivity contribution in [2.24, 2.45) is 11.8 Å². The molecule has 1 fully saturated rings. The molecule has 1 nitrogen and oxygen atoms in total. The van der Waals surface area contributed by atoms with Gasteiger partial charge >= 0.3 is 0 Å². The molecule has 0 aliphatic heterocycles.